The molecule has 17 heavy (non-hydrogen) atoms. The molecule has 0 fully saturated rings. The Labute approximate surface area is 99.5 Å². The molecule has 1 heterocycles. The molecule has 0 radical (unpaired) electrons. The molecule has 1 N–H and O–H groups in total. The van der Waals surface area contributed by atoms with Gasteiger partial charge < -0.3 is 5.32 Å². The third-order valence-corrected chi connectivity index (χ3v) is 2.64. The Balaban J connectivity index is 2.49. The monoisotopic (exact) mass is 234 g/mol. The van der Waals surface area contributed by atoms with Crippen molar-refractivity contribution in [1.29, 1.82) is 0 Å². The van der Waals surface area contributed by atoms with Crippen LogP contribution in [0.5, 0.6) is 0 Å². The van der Waals surface area contributed by atoms with E-state index in [-0.39, 0.29) is 11.9 Å². The molecule has 90 valence electrons. The topological polar surface area (TPSA) is 42.7 Å². The summed E-state index contributed by atoms with van der Waals surface area (Å²) in [5, 5.41) is 7.25. The molecule has 1 unspecified atom stereocenters. The molecule has 2 aromatic rings. The van der Waals surface area contributed by atoms with E-state index < -0.39 is 0 Å². The molecule has 1 aromatic heterocycles. The normalized spacial score (nSPS) is 12.6. The first-order valence-electron chi connectivity index (χ1n) is 5.60. The van der Waals surface area contributed by atoms with Crippen molar-refractivity contribution in [3.63, 3.8) is 0 Å². The number of aromatic nitrogens is 3. The van der Waals surface area contributed by atoms with Crippen LogP contribution in [0.4, 0.5) is 4.39 Å². The number of hydrogen-bond donors (Lipinski definition) is 1. The molecule has 0 aliphatic carbocycles. The van der Waals surface area contributed by atoms with E-state index >= 15 is 0 Å². The van der Waals surface area contributed by atoms with Crippen LogP contribution in [0.1, 0.15) is 25.5 Å². The molecule has 5 heteroatoms. The van der Waals surface area contributed by atoms with E-state index in [2.05, 4.69) is 15.4 Å². The number of hydrogen-bond acceptors (Lipinski definition) is 3. The van der Waals surface area contributed by atoms with Crippen LogP contribution in [0.3, 0.4) is 0 Å². The number of para-hydroxylation sites is 1. The summed E-state index contributed by atoms with van der Waals surface area (Å²) in [6.45, 7) is 4.85. The highest BCUT2D eigenvalue weighted by Gasteiger charge is 2.15. The molecule has 0 bridgehead atoms. The van der Waals surface area contributed by atoms with Crippen molar-refractivity contribution in [1.82, 2.24) is 20.1 Å². The van der Waals surface area contributed by atoms with Crippen LogP contribution < -0.4 is 5.32 Å². The zero-order chi connectivity index (χ0) is 12.3. The predicted octanol–water partition coefficient (Wildman–Crippen LogP) is 2.08. The van der Waals surface area contributed by atoms with Crippen molar-refractivity contribution >= 4 is 0 Å². The summed E-state index contributed by atoms with van der Waals surface area (Å²) >= 11 is 0. The molecule has 0 aliphatic heterocycles. The number of nitrogens with zero attached hydrogens (tertiary/aromatic N) is 3. The second-order valence-electron chi connectivity index (χ2n) is 3.80. The maximum absolute atomic E-state index is 13.9. The molecule has 0 spiro atoms. The van der Waals surface area contributed by atoms with Gasteiger partial charge in [0.25, 0.3) is 0 Å². The largest absolute Gasteiger partial charge is 0.310 e. The lowest BCUT2D eigenvalue weighted by Gasteiger charge is -2.17. The van der Waals surface area contributed by atoms with E-state index in [1.165, 1.54) is 23.4 Å². The minimum atomic E-state index is -0.294. The van der Waals surface area contributed by atoms with Crippen molar-refractivity contribution in [2.24, 2.45) is 0 Å². The lowest BCUT2D eigenvalue weighted by atomic mass is 10.1. The van der Waals surface area contributed by atoms with Crippen LogP contribution in [0.25, 0.3) is 5.69 Å². The maximum Gasteiger partial charge on any atom is 0.149 e. The van der Waals surface area contributed by atoms with Crippen molar-refractivity contribution in [3.8, 4) is 5.69 Å². The van der Waals surface area contributed by atoms with Gasteiger partial charge in [-0.05, 0) is 25.1 Å². The fourth-order valence-corrected chi connectivity index (χ4v) is 1.86. The van der Waals surface area contributed by atoms with Crippen LogP contribution in [0.15, 0.2) is 30.9 Å². The molecule has 4 nitrogen and oxygen atoms in total. The molecular formula is C12H15FN4. The summed E-state index contributed by atoms with van der Waals surface area (Å²) in [5.41, 5.74) is 1.33. The van der Waals surface area contributed by atoms with Crippen molar-refractivity contribution in [3.05, 3.63) is 42.2 Å². The first-order chi connectivity index (χ1) is 8.24. The summed E-state index contributed by atoms with van der Waals surface area (Å²) in [5.74, 6) is -0.294. The van der Waals surface area contributed by atoms with Gasteiger partial charge in [0.15, 0.2) is 0 Å². The van der Waals surface area contributed by atoms with Gasteiger partial charge in [0.05, 0.1) is 0 Å². The SMILES string of the molecule is CCNC(C)c1cccc(F)c1-n1cncn1. The summed E-state index contributed by atoms with van der Waals surface area (Å²) < 4.78 is 15.4. The Morgan fingerprint density at radius 3 is 2.94 bits per heavy atom. The molecule has 0 saturated carbocycles. The van der Waals surface area contributed by atoms with Gasteiger partial charge >= 0.3 is 0 Å². The number of nitrogens with one attached hydrogen (secondary N) is 1. The van der Waals surface area contributed by atoms with Crippen LogP contribution in [0, 0.1) is 5.82 Å². The lowest BCUT2D eigenvalue weighted by Crippen LogP contribution is -2.20. The van der Waals surface area contributed by atoms with Gasteiger partial charge in [-0.3, -0.25) is 0 Å². The van der Waals surface area contributed by atoms with E-state index in [0.29, 0.717) is 5.69 Å². The third-order valence-electron chi connectivity index (χ3n) is 2.64. The summed E-state index contributed by atoms with van der Waals surface area (Å²) in [6.07, 6.45) is 2.90. The zero-order valence-corrected chi connectivity index (χ0v) is 9.89. The van der Waals surface area contributed by atoms with E-state index in [0.717, 1.165) is 12.1 Å². The van der Waals surface area contributed by atoms with Crippen LogP contribution in [0.2, 0.25) is 0 Å². The summed E-state index contributed by atoms with van der Waals surface area (Å²) in [6, 6.07) is 5.10. The Morgan fingerprint density at radius 2 is 2.29 bits per heavy atom. The number of rotatable bonds is 4. The van der Waals surface area contributed by atoms with Gasteiger partial charge in [-0.25, -0.2) is 14.1 Å². The zero-order valence-electron chi connectivity index (χ0n) is 9.89. The molecular weight excluding hydrogens is 219 g/mol. The first-order valence-corrected chi connectivity index (χ1v) is 5.60. The molecule has 0 saturated heterocycles. The van der Waals surface area contributed by atoms with E-state index in [1.807, 2.05) is 19.9 Å². The molecule has 2 rings (SSSR count). The van der Waals surface area contributed by atoms with Gasteiger partial charge in [0, 0.05) is 6.04 Å². The van der Waals surface area contributed by atoms with E-state index in [4.69, 9.17) is 0 Å². The second kappa shape index (κ2) is 5.05. The van der Waals surface area contributed by atoms with Crippen molar-refractivity contribution in [2.75, 3.05) is 6.54 Å². The minimum absolute atomic E-state index is 0.0647. The van der Waals surface area contributed by atoms with Gasteiger partial charge in [-0.15, -0.1) is 0 Å². The van der Waals surface area contributed by atoms with Crippen LogP contribution in [-0.2, 0) is 0 Å². The number of benzene rings is 1. The summed E-state index contributed by atoms with van der Waals surface area (Å²) in [7, 11) is 0. The quantitative estimate of drug-likeness (QED) is 0.880. The fraction of sp³-hybridized carbons (Fsp3) is 0.333. The minimum Gasteiger partial charge on any atom is -0.310 e. The molecule has 1 aromatic carbocycles. The predicted molar refractivity (Wildman–Crippen MR) is 63.4 cm³/mol. The standard InChI is InChI=1S/C12H15FN4/c1-3-15-9(2)10-5-4-6-11(13)12(10)17-8-14-7-16-17/h4-9,15H,3H2,1-2H3. The van der Waals surface area contributed by atoms with E-state index in [1.54, 1.807) is 6.07 Å². The Hall–Kier alpha value is -1.75. The average molecular weight is 234 g/mol. The second-order valence-corrected chi connectivity index (χ2v) is 3.80. The van der Waals surface area contributed by atoms with E-state index in [9.17, 15) is 4.39 Å². The Kier molecular flexibility index (Phi) is 3.49. The van der Waals surface area contributed by atoms with Crippen LogP contribution >= 0.6 is 0 Å². The van der Waals surface area contributed by atoms with Crippen molar-refractivity contribution in [2.45, 2.75) is 19.9 Å². The Bertz CT molecular complexity index is 481. The number of halogens is 1. The first kappa shape index (κ1) is 11.7. The maximum atomic E-state index is 13.9. The van der Waals surface area contributed by atoms with Crippen molar-refractivity contribution < 1.29 is 4.39 Å². The van der Waals surface area contributed by atoms with Gasteiger partial charge in [0.1, 0.15) is 24.2 Å². The van der Waals surface area contributed by atoms with Crippen LogP contribution in [-0.4, -0.2) is 21.3 Å². The van der Waals surface area contributed by atoms with Gasteiger partial charge in [-0.2, -0.15) is 5.10 Å². The molecule has 0 amide bonds. The smallest absolute Gasteiger partial charge is 0.149 e. The fourth-order valence-electron chi connectivity index (χ4n) is 1.86. The highest BCUT2D eigenvalue weighted by Crippen LogP contribution is 2.23. The summed E-state index contributed by atoms with van der Waals surface area (Å²) in [4.78, 5) is 3.85. The average Bonchev–Trinajstić information content (AvgIpc) is 2.82. The molecule has 0 aliphatic rings. The third kappa shape index (κ3) is 2.34. The highest BCUT2D eigenvalue weighted by molar-refractivity contribution is 5.43. The highest BCUT2D eigenvalue weighted by atomic mass is 19.1. The van der Waals surface area contributed by atoms with Gasteiger partial charge in [-0.1, -0.05) is 19.1 Å². The Morgan fingerprint density at radius 1 is 1.47 bits per heavy atom. The lowest BCUT2D eigenvalue weighted by molar-refractivity contribution is 0.569. The van der Waals surface area contributed by atoms with Gasteiger partial charge in [0.2, 0.25) is 0 Å². The molecule has 1 atom stereocenters.